The third-order valence-corrected chi connectivity index (χ3v) is 3.51. The van der Waals surface area contributed by atoms with Gasteiger partial charge in [0.05, 0.1) is 0 Å². The Morgan fingerprint density at radius 1 is 1.40 bits per heavy atom. The molecule has 0 radical (unpaired) electrons. The van der Waals surface area contributed by atoms with E-state index in [9.17, 15) is 4.79 Å². The van der Waals surface area contributed by atoms with Crippen LogP contribution in [-0.4, -0.2) is 23.7 Å². The minimum atomic E-state index is 0.126. The first-order chi connectivity index (χ1) is 7.17. The molecule has 0 saturated heterocycles. The van der Waals surface area contributed by atoms with Gasteiger partial charge in [0.15, 0.2) is 0 Å². The number of rotatable bonds is 4. The molecule has 1 saturated carbocycles. The summed E-state index contributed by atoms with van der Waals surface area (Å²) >= 11 is 0. The average molecular weight is 213 g/mol. The molecule has 0 aliphatic heterocycles. The summed E-state index contributed by atoms with van der Waals surface area (Å²) in [5, 5.41) is 12.1. The minimum absolute atomic E-state index is 0.126. The van der Waals surface area contributed by atoms with Gasteiger partial charge in [0.25, 0.3) is 0 Å². The van der Waals surface area contributed by atoms with Crippen molar-refractivity contribution in [3.8, 4) is 0 Å². The molecule has 2 N–H and O–H groups in total. The summed E-state index contributed by atoms with van der Waals surface area (Å²) in [5.74, 6) is 0.771. The highest BCUT2D eigenvalue weighted by molar-refractivity contribution is 5.78. The van der Waals surface area contributed by atoms with Gasteiger partial charge in [0.1, 0.15) is 0 Å². The van der Waals surface area contributed by atoms with E-state index in [4.69, 9.17) is 5.11 Å². The van der Waals surface area contributed by atoms with Gasteiger partial charge >= 0.3 is 0 Å². The maximum atomic E-state index is 11.6. The van der Waals surface area contributed by atoms with Gasteiger partial charge in [0, 0.05) is 18.6 Å². The Kier molecular flexibility index (Phi) is 5.09. The zero-order valence-electron chi connectivity index (χ0n) is 9.83. The third-order valence-electron chi connectivity index (χ3n) is 3.51. The predicted molar refractivity (Wildman–Crippen MR) is 60.4 cm³/mol. The summed E-state index contributed by atoms with van der Waals surface area (Å²) in [5.41, 5.74) is 0. The Morgan fingerprint density at radius 2 is 2.00 bits per heavy atom. The van der Waals surface area contributed by atoms with Gasteiger partial charge in [-0.15, -0.1) is 0 Å². The van der Waals surface area contributed by atoms with E-state index in [2.05, 4.69) is 5.32 Å². The molecule has 1 aliphatic carbocycles. The molecule has 0 aromatic heterocycles. The Bertz CT molecular complexity index is 198. The molecule has 1 unspecified atom stereocenters. The van der Waals surface area contributed by atoms with E-state index in [0.717, 1.165) is 32.1 Å². The summed E-state index contributed by atoms with van der Waals surface area (Å²) in [6.45, 7) is 4.30. The number of nitrogens with one attached hydrogen (secondary N) is 1. The van der Waals surface area contributed by atoms with E-state index in [1.807, 2.05) is 13.8 Å². The zero-order chi connectivity index (χ0) is 11.3. The molecule has 15 heavy (non-hydrogen) atoms. The van der Waals surface area contributed by atoms with E-state index in [-0.39, 0.29) is 11.8 Å². The smallest absolute Gasteiger partial charge is 0.223 e. The predicted octanol–water partition coefficient (Wildman–Crippen LogP) is 1.70. The van der Waals surface area contributed by atoms with Gasteiger partial charge in [-0.3, -0.25) is 4.79 Å². The molecule has 1 fully saturated rings. The molecule has 1 aliphatic rings. The van der Waals surface area contributed by atoms with Gasteiger partial charge < -0.3 is 10.4 Å². The fraction of sp³-hybridized carbons (Fsp3) is 0.917. The van der Waals surface area contributed by atoms with E-state index in [1.165, 1.54) is 0 Å². The lowest BCUT2D eigenvalue weighted by Gasteiger charge is -2.28. The number of hydrogen-bond donors (Lipinski definition) is 2. The van der Waals surface area contributed by atoms with E-state index >= 15 is 0 Å². The second-order valence-corrected chi connectivity index (χ2v) is 4.72. The lowest BCUT2D eigenvalue weighted by molar-refractivity contribution is -0.125. The molecule has 88 valence electrons. The quantitative estimate of drug-likeness (QED) is 0.746. The van der Waals surface area contributed by atoms with Crippen LogP contribution in [0.3, 0.4) is 0 Å². The Balaban J connectivity index is 2.26. The summed E-state index contributed by atoms with van der Waals surface area (Å²) < 4.78 is 0. The summed E-state index contributed by atoms with van der Waals surface area (Å²) in [6, 6.07) is 0.342. The fourth-order valence-electron chi connectivity index (χ4n) is 2.02. The van der Waals surface area contributed by atoms with Crippen molar-refractivity contribution in [3.63, 3.8) is 0 Å². The van der Waals surface area contributed by atoms with Gasteiger partial charge in [-0.25, -0.2) is 0 Å². The first kappa shape index (κ1) is 12.5. The van der Waals surface area contributed by atoms with Crippen LogP contribution < -0.4 is 5.32 Å². The lowest BCUT2D eigenvalue weighted by atomic mass is 9.86. The van der Waals surface area contributed by atoms with Crippen molar-refractivity contribution in [1.82, 2.24) is 5.32 Å². The normalized spacial score (nSPS) is 28.5. The minimum Gasteiger partial charge on any atom is -0.396 e. The molecule has 0 aromatic rings. The Morgan fingerprint density at radius 3 is 2.47 bits per heavy atom. The van der Waals surface area contributed by atoms with Crippen LogP contribution >= 0.6 is 0 Å². The van der Waals surface area contributed by atoms with Crippen LogP contribution in [0.2, 0.25) is 0 Å². The number of hydrogen-bond acceptors (Lipinski definition) is 2. The third kappa shape index (κ3) is 3.82. The van der Waals surface area contributed by atoms with Gasteiger partial charge in [-0.05, 0) is 38.0 Å². The van der Waals surface area contributed by atoms with Crippen LogP contribution in [-0.2, 0) is 4.79 Å². The summed E-state index contributed by atoms with van der Waals surface area (Å²) in [7, 11) is 0. The standard InChI is InChI=1S/C12H23NO2/c1-3-9(2)12(15)13-11-6-4-10(8-14)5-7-11/h9-11,14H,3-8H2,1-2H3,(H,13,15). The number of carbonyl (C=O) groups excluding carboxylic acids is 1. The van der Waals surface area contributed by atoms with Crippen LogP contribution in [0.15, 0.2) is 0 Å². The van der Waals surface area contributed by atoms with E-state index < -0.39 is 0 Å². The highest BCUT2D eigenvalue weighted by atomic mass is 16.3. The van der Waals surface area contributed by atoms with Gasteiger partial charge in [0.2, 0.25) is 5.91 Å². The molecule has 1 rings (SSSR count). The number of aliphatic hydroxyl groups excluding tert-OH is 1. The van der Waals surface area contributed by atoms with E-state index in [1.54, 1.807) is 0 Å². The molecule has 0 heterocycles. The number of carbonyl (C=O) groups is 1. The highest BCUT2D eigenvalue weighted by Crippen LogP contribution is 2.23. The Labute approximate surface area is 92.3 Å². The average Bonchev–Trinajstić information content (AvgIpc) is 2.29. The van der Waals surface area contributed by atoms with Crippen LogP contribution in [0, 0.1) is 11.8 Å². The molecule has 0 aromatic carbocycles. The zero-order valence-corrected chi connectivity index (χ0v) is 9.83. The molecule has 0 spiro atoms. The van der Waals surface area contributed by atoms with Crippen LogP contribution in [0.4, 0.5) is 0 Å². The van der Waals surface area contributed by atoms with Crippen molar-refractivity contribution in [2.75, 3.05) is 6.61 Å². The maximum Gasteiger partial charge on any atom is 0.223 e. The summed E-state index contributed by atoms with van der Waals surface area (Å²) in [6.07, 6.45) is 5.03. The number of aliphatic hydroxyl groups is 1. The van der Waals surface area contributed by atoms with Crippen molar-refractivity contribution in [3.05, 3.63) is 0 Å². The first-order valence-electron chi connectivity index (χ1n) is 6.08. The number of amides is 1. The molecule has 1 atom stereocenters. The van der Waals surface area contributed by atoms with Crippen LogP contribution in [0.25, 0.3) is 0 Å². The van der Waals surface area contributed by atoms with Crippen molar-refractivity contribution in [2.24, 2.45) is 11.8 Å². The molecule has 1 amide bonds. The lowest BCUT2D eigenvalue weighted by Crippen LogP contribution is -2.40. The molecule has 3 heteroatoms. The van der Waals surface area contributed by atoms with Gasteiger partial charge in [-0.1, -0.05) is 13.8 Å². The molecular formula is C12H23NO2. The maximum absolute atomic E-state index is 11.6. The Hall–Kier alpha value is -0.570. The van der Waals surface area contributed by atoms with Crippen molar-refractivity contribution in [1.29, 1.82) is 0 Å². The summed E-state index contributed by atoms with van der Waals surface area (Å²) in [4.78, 5) is 11.6. The molecular weight excluding hydrogens is 190 g/mol. The fourth-order valence-corrected chi connectivity index (χ4v) is 2.02. The van der Waals surface area contributed by atoms with Crippen molar-refractivity contribution in [2.45, 2.75) is 52.0 Å². The van der Waals surface area contributed by atoms with Crippen LogP contribution in [0.1, 0.15) is 46.0 Å². The molecule has 0 bridgehead atoms. The molecule has 3 nitrogen and oxygen atoms in total. The van der Waals surface area contributed by atoms with Crippen molar-refractivity contribution < 1.29 is 9.90 Å². The van der Waals surface area contributed by atoms with E-state index in [0.29, 0.717) is 18.6 Å². The van der Waals surface area contributed by atoms with Crippen LogP contribution in [0.5, 0.6) is 0 Å². The highest BCUT2D eigenvalue weighted by Gasteiger charge is 2.22. The second kappa shape index (κ2) is 6.11. The van der Waals surface area contributed by atoms with Gasteiger partial charge in [-0.2, -0.15) is 0 Å². The SMILES string of the molecule is CCC(C)C(=O)NC1CCC(CO)CC1. The monoisotopic (exact) mass is 213 g/mol. The second-order valence-electron chi connectivity index (χ2n) is 4.72. The first-order valence-corrected chi connectivity index (χ1v) is 6.08. The largest absolute Gasteiger partial charge is 0.396 e. The van der Waals surface area contributed by atoms with Crippen molar-refractivity contribution >= 4 is 5.91 Å². The topological polar surface area (TPSA) is 49.3 Å².